The van der Waals surface area contributed by atoms with Crippen LogP contribution in [0.5, 0.6) is 0 Å². The second-order valence-corrected chi connectivity index (χ2v) is 6.13. The van der Waals surface area contributed by atoms with E-state index in [2.05, 4.69) is 5.32 Å². The van der Waals surface area contributed by atoms with E-state index in [4.69, 9.17) is 0 Å². The SMILES string of the molecule is CC(C)(C(=O)O)c1ccccc1NC1CCC(O)CC1. The monoisotopic (exact) mass is 277 g/mol. The predicted molar refractivity (Wildman–Crippen MR) is 79.0 cm³/mol. The van der Waals surface area contributed by atoms with Crippen LogP contribution in [-0.2, 0) is 10.2 Å². The van der Waals surface area contributed by atoms with E-state index in [0.29, 0.717) is 6.04 Å². The number of carboxylic acids is 1. The minimum absolute atomic E-state index is 0.182. The number of carboxylic acid groups (broad SMARTS) is 1. The van der Waals surface area contributed by atoms with Gasteiger partial charge in [-0.05, 0) is 51.2 Å². The Morgan fingerprint density at radius 2 is 1.80 bits per heavy atom. The summed E-state index contributed by atoms with van der Waals surface area (Å²) < 4.78 is 0. The van der Waals surface area contributed by atoms with Gasteiger partial charge in [0.25, 0.3) is 0 Å². The van der Waals surface area contributed by atoms with Crippen LogP contribution >= 0.6 is 0 Å². The molecule has 20 heavy (non-hydrogen) atoms. The summed E-state index contributed by atoms with van der Waals surface area (Å²) in [7, 11) is 0. The number of aliphatic hydroxyl groups is 1. The van der Waals surface area contributed by atoms with Crippen LogP contribution < -0.4 is 5.32 Å². The summed E-state index contributed by atoms with van der Waals surface area (Å²) in [5.74, 6) is -0.828. The first-order valence-electron chi connectivity index (χ1n) is 7.18. The standard InChI is InChI=1S/C16H23NO3/c1-16(2,15(19)20)13-5-3-4-6-14(13)17-11-7-9-12(18)10-8-11/h3-6,11-12,17-18H,7-10H2,1-2H3,(H,19,20). The van der Waals surface area contributed by atoms with Gasteiger partial charge in [-0.1, -0.05) is 18.2 Å². The van der Waals surface area contributed by atoms with Gasteiger partial charge in [-0.25, -0.2) is 0 Å². The summed E-state index contributed by atoms with van der Waals surface area (Å²) >= 11 is 0. The van der Waals surface area contributed by atoms with Crippen LogP contribution in [0.3, 0.4) is 0 Å². The molecule has 0 saturated heterocycles. The lowest BCUT2D eigenvalue weighted by atomic mass is 9.83. The number of hydrogen-bond acceptors (Lipinski definition) is 3. The highest BCUT2D eigenvalue weighted by Crippen LogP contribution is 2.32. The summed E-state index contributed by atoms with van der Waals surface area (Å²) in [4.78, 5) is 11.4. The topological polar surface area (TPSA) is 69.6 Å². The Hall–Kier alpha value is -1.55. The van der Waals surface area contributed by atoms with Gasteiger partial charge in [-0.15, -0.1) is 0 Å². The van der Waals surface area contributed by atoms with Gasteiger partial charge >= 0.3 is 5.97 Å². The summed E-state index contributed by atoms with van der Waals surface area (Å²) in [6.45, 7) is 3.45. The molecule has 0 unspecified atom stereocenters. The van der Waals surface area contributed by atoms with Crippen LogP contribution in [0.25, 0.3) is 0 Å². The largest absolute Gasteiger partial charge is 0.481 e. The molecule has 3 N–H and O–H groups in total. The zero-order valence-corrected chi connectivity index (χ0v) is 12.1. The number of aliphatic hydroxyl groups excluding tert-OH is 1. The maximum absolute atomic E-state index is 11.4. The fourth-order valence-corrected chi connectivity index (χ4v) is 2.71. The quantitative estimate of drug-likeness (QED) is 0.791. The molecule has 0 radical (unpaired) electrons. The summed E-state index contributed by atoms with van der Waals surface area (Å²) in [5, 5.41) is 22.4. The number of benzene rings is 1. The molecule has 4 heteroatoms. The van der Waals surface area contributed by atoms with Crippen molar-refractivity contribution in [1.29, 1.82) is 0 Å². The van der Waals surface area contributed by atoms with E-state index in [1.807, 2.05) is 24.3 Å². The zero-order valence-electron chi connectivity index (χ0n) is 12.1. The lowest BCUT2D eigenvalue weighted by Crippen LogP contribution is -2.32. The van der Waals surface area contributed by atoms with Gasteiger partial charge in [-0.3, -0.25) is 4.79 Å². The third kappa shape index (κ3) is 3.12. The molecular weight excluding hydrogens is 254 g/mol. The third-order valence-electron chi connectivity index (χ3n) is 4.19. The van der Waals surface area contributed by atoms with Crippen LogP contribution in [0.1, 0.15) is 45.1 Å². The maximum atomic E-state index is 11.4. The first-order chi connectivity index (χ1) is 9.41. The van der Waals surface area contributed by atoms with E-state index in [1.54, 1.807) is 13.8 Å². The van der Waals surface area contributed by atoms with Crippen LogP contribution in [-0.4, -0.2) is 28.3 Å². The Kier molecular flexibility index (Phi) is 4.33. The molecule has 0 heterocycles. The Labute approximate surface area is 119 Å². The minimum atomic E-state index is -0.919. The number of aliphatic carboxylic acids is 1. The molecule has 0 amide bonds. The van der Waals surface area contributed by atoms with Gasteiger partial charge in [0.2, 0.25) is 0 Å². The molecule has 1 saturated carbocycles. The van der Waals surface area contributed by atoms with Crippen LogP contribution in [0, 0.1) is 0 Å². The molecule has 4 nitrogen and oxygen atoms in total. The van der Waals surface area contributed by atoms with Crippen molar-refractivity contribution in [3.05, 3.63) is 29.8 Å². The van der Waals surface area contributed by atoms with Gasteiger partial charge < -0.3 is 15.5 Å². The van der Waals surface area contributed by atoms with E-state index >= 15 is 0 Å². The Morgan fingerprint density at radius 3 is 2.40 bits per heavy atom. The van der Waals surface area contributed by atoms with Crippen molar-refractivity contribution < 1.29 is 15.0 Å². The van der Waals surface area contributed by atoms with Gasteiger partial charge in [0.1, 0.15) is 0 Å². The van der Waals surface area contributed by atoms with Crippen molar-refractivity contribution in [3.8, 4) is 0 Å². The van der Waals surface area contributed by atoms with Gasteiger partial charge in [0, 0.05) is 11.7 Å². The first kappa shape index (κ1) is 14.9. The number of rotatable bonds is 4. The van der Waals surface area contributed by atoms with Crippen molar-refractivity contribution in [3.63, 3.8) is 0 Å². The first-order valence-corrected chi connectivity index (χ1v) is 7.18. The van der Waals surface area contributed by atoms with Crippen molar-refractivity contribution in [2.24, 2.45) is 0 Å². The summed E-state index contributed by atoms with van der Waals surface area (Å²) in [6, 6.07) is 7.90. The molecule has 0 aromatic heterocycles. The molecule has 0 aliphatic heterocycles. The van der Waals surface area contributed by atoms with Crippen LogP contribution in [0.4, 0.5) is 5.69 Å². The van der Waals surface area contributed by atoms with E-state index in [1.165, 1.54) is 0 Å². The molecule has 1 aromatic rings. The second-order valence-electron chi connectivity index (χ2n) is 6.13. The number of nitrogens with one attached hydrogen (secondary N) is 1. The normalized spacial score (nSPS) is 23.4. The molecule has 1 aromatic carbocycles. The van der Waals surface area contributed by atoms with E-state index in [0.717, 1.165) is 36.9 Å². The highest BCUT2D eigenvalue weighted by Gasteiger charge is 2.32. The number of hydrogen-bond donors (Lipinski definition) is 3. The molecule has 1 fully saturated rings. The van der Waals surface area contributed by atoms with Gasteiger partial charge in [0.15, 0.2) is 0 Å². The van der Waals surface area contributed by atoms with E-state index < -0.39 is 11.4 Å². The molecule has 2 rings (SSSR count). The summed E-state index contributed by atoms with van der Waals surface area (Å²) in [6.07, 6.45) is 3.27. The minimum Gasteiger partial charge on any atom is -0.481 e. The number of carbonyl (C=O) groups is 1. The molecule has 0 spiro atoms. The predicted octanol–water partition coefficient (Wildman–Crippen LogP) is 2.76. The zero-order chi connectivity index (χ0) is 14.8. The van der Waals surface area contributed by atoms with Crippen LogP contribution in [0.2, 0.25) is 0 Å². The fraction of sp³-hybridized carbons (Fsp3) is 0.562. The lowest BCUT2D eigenvalue weighted by molar-refractivity contribution is -0.142. The second kappa shape index (κ2) is 5.83. The van der Waals surface area contributed by atoms with E-state index in [-0.39, 0.29) is 6.10 Å². The average molecular weight is 277 g/mol. The van der Waals surface area contributed by atoms with Crippen molar-refractivity contribution >= 4 is 11.7 Å². The van der Waals surface area contributed by atoms with Crippen molar-refractivity contribution in [1.82, 2.24) is 0 Å². The third-order valence-corrected chi connectivity index (χ3v) is 4.19. The van der Waals surface area contributed by atoms with Crippen molar-refractivity contribution in [2.45, 2.75) is 57.1 Å². The Bertz CT molecular complexity index is 476. The van der Waals surface area contributed by atoms with Gasteiger partial charge in [0.05, 0.1) is 11.5 Å². The van der Waals surface area contributed by atoms with Crippen molar-refractivity contribution in [2.75, 3.05) is 5.32 Å². The average Bonchev–Trinajstić information content (AvgIpc) is 2.41. The maximum Gasteiger partial charge on any atom is 0.313 e. The molecule has 0 bridgehead atoms. The Balaban J connectivity index is 2.18. The number of para-hydroxylation sites is 1. The highest BCUT2D eigenvalue weighted by molar-refractivity contribution is 5.83. The molecule has 0 atom stereocenters. The number of anilines is 1. The molecule has 110 valence electrons. The molecular formula is C16H23NO3. The van der Waals surface area contributed by atoms with E-state index in [9.17, 15) is 15.0 Å². The summed E-state index contributed by atoms with van der Waals surface area (Å²) in [5.41, 5.74) is 0.775. The fourth-order valence-electron chi connectivity index (χ4n) is 2.71. The highest BCUT2D eigenvalue weighted by atomic mass is 16.4. The molecule has 1 aliphatic carbocycles. The Morgan fingerprint density at radius 1 is 1.20 bits per heavy atom. The smallest absolute Gasteiger partial charge is 0.313 e. The molecule has 1 aliphatic rings. The van der Waals surface area contributed by atoms with Gasteiger partial charge in [-0.2, -0.15) is 0 Å². The lowest BCUT2D eigenvalue weighted by Gasteiger charge is -2.30. The van der Waals surface area contributed by atoms with Crippen LogP contribution in [0.15, 0.2) is 24.3 Å².